The van der Waals surface area contributed by atoms with Crippen molar-refractivity contribution in [3.05, 3.63) is 45.5 Å². The first-order valence-corrected chi connectivity index (χ1v) is 7.21. The van der Waals surface area contributed by atoms with Gasteiger partial charge in [0.25, 0.3) is 5.69 Å². The highest BCUT2D eigenvalue weighted by Gasteiger charge is 2.16. The Balaban J connectivity index is 2.71. The summed E-state index contributed by atoms with van der Waals surface area (Å²) in [5, 5.41) is 22.3. The van der Waals surface area contributed by atoms with Crippen molar-refractivity contribution in [1.29, 1.82) is 0 Å². The topological polar surface area (TPSA) is 119 Å². The molecule has 0 saturated heterocycles. The van der Waals surface area contributed by atoms with Gasteiger partial charge in [-0.05, 0) is 26.3 Å². The third kappa shape index (κ3) is 6.91. The van der Waals surface area contributed by atoms with Gasteiger partial charge in [-0.3, -0.25) is 14.9 Å². The number of carboxylic acids is 1. The Labute approximate surface area is 139 Å². The Morgan fingerprint density at radius 1 is 1.38 bits per heavy atom. The summed E-state index contributed by atoms with van der Waals surface area (Å²) in [6, 6.07) is 4.28. The maximum Gasteiger partial charge on any atom is 0.407 e. The standard InChI is InChI=1S/C16H20N2O6/c1-16(2,3)24-15(21)17-8-4-5-11-6-7-12(10-14(19)20)13(9-11)18(22)23/h4-7,9H,8,10H2,1-3H3,(H,17,21)(H,19,20). The van der Waals surface area contributed by atoms with Crippen molar-refractivity contribution in [2.24, 2.45) is 0 Å². The summed E-state index contributed by atoms with van der Waals surface area (Å²) in [6.45, 7) is 5.44. The number of alkyl carbamates (subject to hydrolysis) is 1. The minimum atomic E-state index is -1.14. The fourth-order valence-electron chi connectivity index (χ4n) is 1.82. The molecule has 2 N–H and O–H groups in total. The van der Waals surface area contributed by atoms with Crippen LogP contribution in [-0.2, 0) is 16.0 Å². The van der Waals surface area contributed by atoms with Gasteiger partial charge in [-0.2, -0.15) is 0 Å². The fourth-order valence-corrected chi connectivity index (χ4v) is 1.82. The third-order valence-corrected chi connectivity index (χ3v) is 2.72. The molecule has 0 saturated carbocycles. The Hall–Kier alpha value is -2.90. The number of aliphatic carboxylic acids is 1. The molecule has 130 valence electrons. The number of nitro benzene ring substituents is 1. The first-order valence-electron chi connectivity index (χ1n) is 7.21. The van der Waals surface area contributed by atoms with E-state index in [2.05, 4.69) is 5.32 Å². The molecule has 24 heavy (non-hydrogen) atoms. The minimum Gasteiger partial charge on any atom is -0.481 e. The number of amides is 1. The molecule has 1 amide bonds. The number of carboxylic acid groups (broad SMARTS) is 1. The van der Waals surface area contributed by atoms with Gasteiger partial charge in [0.1, 0.15) is 5.60 Å². The number of carbonyl (C=O) groups excluding carboxylic acids is 1. The number of benzene rings is 1. The van der Waals surface area contributed by atoms with Crippen molar-refractivity contribution in [3.63, 3.8) is 0 Å². The molecule has 0 aliphatic rings. The van der Waals surface area contributed by atoms with Crippen molar-refractivity contribution in [1.82, 2.24) is 5.32 Å². The molecule has 0 fully saturated rings. The van der Waals surface area contributed by atoms with Gasteiger partial charge in [-0.1, -0.05) is 24.3 Å². The zero-order valence-corrected chi connectivity index (χ0v) is 13.7. The van der Waals surface area contributed by atoms with Crippen LogP contribution in [0.1, 0.15) is 31.9 Å². The number of hydrogen-bond acceptors (Lipinski definition) is 5. The lowest BCUT2D eigenvalue weighted by Crippen LogP contribution is -2.32. The lowest BCUT2D eigenvalue weighted by molar-refractivity contribution is -0.385. The van der Waals surface area contributed by atoms with Crippen LogP contribution in [0.3, 0.4) is 0 Å². The minimum absolute atomic E-state index is 0.136. The molecule has 0 bridgehead atoms. The van der Waals surface area contributed by atoms with Gasteiger partial charge < -0.3 is 15.2 Å². The average molecular weight is 336 g/mol. The van der Waals surface area contributed by atoms with Gasteiger partial charge >= 0.3 is 12.1 Å². The van der Waals surface area contributed by atoms with Gasteiger partial charge in [0.15, 0.2) is 0 Å². The summed E-state index contributed by atoms with van der Waals surface area (Å²) in [5.74, 6) is -1.14. The van der Waals surface area contributed by atoms with E-state index in [1.54, 1.807) is 39.0 Å². The molecular weight excluding hydrogens is 316 g/mol. The van der Waals surface area contributed by atoms with Crippen LogP contribution in [0.25, 0.3) is 6.08 Å². The smallest absolute Gasteiger partial charge is 0.407 e. The number of hydrogen-bond donors (Lipinski definition) is 2. The number of carbonyl (C=O) groups is 2. The molecule has 0 aliphatic carbocycles. The second-order valence-electron chi connectivity index (χ2n) is 6.00. The summed E-state index contributed by atoms with van der Waals surface area (Å²) >= 11 is 0. The van der Waals surface area contributed by atoms with Crippen LogP contribution in [0, 0.1) is 10.1 Å². The second kappa shape index (κ2) is 8.09. The molecular formula is C16H20N2O6. The first-order chi connectivity index (χ1) is 11.1. The second-order valence-corrected chi connectivity index (χ2v) is 6.00. The maximum atomic E-state index is 11.4. The first kappa shape index (κ1) is 19.1. The van der Waals surface area contributed by atoms with E-state index in [-0.39, 0.29) is 17.8 Å². The molecule has 0 spiro atoms. The quantitative estimate of drug-likeness (QED) is 0.609. The monoisotopic (exact) mass is 336 g/mol. The van der Waals surface area contributed by atoms with Gasteiger partial charge in [0.05, 0.1) is 11.3 Å². The zero-order valence-electron chi connectivity index (χ0n) is 13.7. The largest absolute Gasteiger partial charge is 0.481 e. The van der Waals surface area contributed by atoms with Crippen LogP contribution < -0.4 is 5.32 Å². The van der Waals surface area contributed by atoms with Gasteiger partial charge in [-0.25, -0.2) is 4.79 Å². The molecule has 8 heteroatoms. The van der Waals surface area contributed by atoms with E-state index >= 15 is 0 Å². The van der Waals surface area contributed by atoms with Crippen molar-refractivity contribution in [3.8, 4) is 0 Å². The molecule has 0 aromatic heterocycles. The zero-order chi connectivity index (χ0) is 18.3. The van der Waals surface area contributed by atoms with Crippen LogP contribution in [0.15, 0.2) is 24.3 Å². The summed E-state index contributed by atoms with van der Waals surface area (Å²) in [7, 11) is 0. The molecule has 1 rings (SSSR count). The Kier molecular flexibility index (Phi) is 6.46. The van der Waals surface area contributed by atoms with Gasteiger partial charge in [0, 0.05) is 18.2 Å². The maximum absolute atomic E-state index is 11.4. The van der Waals surface area contributed by atoms with E-state index in [1.165, 1.54) is 12.1 Å². The summed E-state index contributed by atoms with van der Waals surface area (Å²) in [6.07, 6.45) is 2.23. The fraction of sp³-hybridized carbons (Fsp3) is 0.375. The highest BCUT2D eigenvalue weighted by molar-refractivity contribution is 5.73. The average Bonchev–Trinajstić information content (AvgIpc) is 2.42. The van der Waals surface area contributed by atoms with Crippen LogP contribution >= 0.6 is 0 Å². The van der Waals surface area contributed by atoms with E-state index in [0.717, 1.165) is 0 Å². The Morgan fingerprint density at radius 2 is 2.04 bits per heavy atom. The SMILES string of the molecule is CC(C)(C)OC(=O)NCC=Cc1ccc(CC(=O)O)c([N+](=O)[O-])c1. The van der Waals surface area contributed by atoms with Gasteiger partial charge in [-0.15, -0.1) is 0 Å². The summed E-state index contributed by atoms with van der Waals surface area (Å²) < 4.78 is 5.06. The number of ether oxygens (including phenoxy) is 1. The molecule has 1 aromatic rings. The molecule has 0 heterocycles. The highest BCUT2D eigenvalue weighted by atomic mass is 16.6. The van der Waals surface area contributed by atoms with Crippen molar-refractivity contribution in [2.45, 2.75) is 32.8 Å². The van der Waals surface area contributed by atoms with E-state index in [4.69, 9.17) is 9.84 Å². The van der Waals surface area contributed by atoms with Crippen molar-refractivity contribution < 1.29 is 24.4 Å². The summed E-state index contributed by atoms with van der Waals surface area (Å²) in [4.78, 5) is 32.6. The lowest BCUT2D eigenvalue weighted by Gasteiger charge is -2.19. The molecule has 1 aromatic carbocycles. The normalized spacial score (nSPS) is 11.3. The van der Waals surface area contributed by atoms with Crippen molar-refractivity contribution in [2.75, 3.05) is 6.54 Å². The molecule has 0 aliphatic heterocycles. The van der Waals surface area contributed by atoms with Crippen LogP contribution in [-0.4, -0.2) is 34.2 Å². The number of rotatable bonds is 6. The van der Waals surface area contributed by atoms with Crippen molar-refractivity contribution >= 4 is 23.8 Å². The Bertz CT molecular complexity index is 661. The van der Waals surface area contributed by atoms with Gasteiger partial charge in [0.2, 0.25) is 0 Å². The Morgan fingerprint density at radius 3 is 2.58 bits per heavy atom. The lowest BCUT2D eigenvalue weighted by atomic mass is 10.1. The third-order valence-electron chi connectivity index (χ3n) is 2.72. The van der Waals surface area contributed by atoms with E-state index in [9.17, 15) is 19.7 Å². The highest BCUT2D eigenvalue weighted by Crippen LogP contribution is 2.21. The molecule has 8 nitrogen and oxygen atoms in total. The van der Waals surface area contributed by atoms with E-state index in [0.29, 0.717) is 5.56 Å². The molecule has 0 unspecified atom stereocenters. The number of nitrogens with one attached hydrogen (secondary N) is 1. The molecule has 0 radical (unpaired) electrons. The van der Waals surface area contributed by atoms with E-state index in [1.807, 2.05) is 0 Å². The summed E-state index contributed by atoms with van der Waals surface area (Å²) in [5.41, 5.74) is -0.174. The predicted octanol–water partition coefficient (Wildman–Crippen LogP) is 2.76. The van der Waals surface area contributed by atoms with E-state index < -0.39 is 29.0 Å². The molecule has 0 atom stereocenters. The number of nitro groups is 1. The van der Waals surface area contributed by atoms with Crippen LogP contribution in [0.5, 0.6) is 0 Å². The van der Waals surface area contributed by atoms with Crippen LogP contribution in [0.2, 0.25) is 0 Å². The predicted molar refractivity (Wildman–Crippen MR) is 87.7 cm³/mol. The van der Waals surface area contributed by atoms with Crippen LogP contribution in [0.4, 0.5) is 10.5 Å². The number of nitrogens with zero attached hydrogens (tertiary/aromatic N) is 1.